The van der Waals surface area contributed by atoms with Crippen molar-refractivity contribution in [1.29, 1.82) is 0 Å². The Kier molecular flexibility index (Phi) is 6.71. The Balaban J connectivity index is 1.39. The number of fused-ring (bicyclic) bond motifs is 1. The fourth-order valence-corrected chi connectivity index (χ4v) is 5.63. The second-order valence-corrected chi connectivity index (χ2v) is 10.3. The van der Waals surface area contributed by atoms with Crippen LogP contribution >= 0.6 is 0 Å². The van der Waals surface area contributed by atoms with Crippen molar-refractivity contribution in [1.82, 2.24) is 4.31 Å². The van der Waals surface area contributed by atoms with Crippen LogP contribution < -0.4 is 15.4 Å². The number of hydrogen-bond donors (Lipinski definition) is 2. The van der Waals surface area contributed by atoms with Crippen LogP contribution in [0.2, 0.25) is 0 Å². The highest BCUT2D eigenvalue weighted by Crippen LogP contribution is 2.34. The summed E-state index contributed by atoms with van der Waals surface area (Å²) in [6.07, 6.45) is 1.78. The average molecular weight is 472 g/mol. The summed E-state index contributed by atoms with van der Waals surface area (Å²) >= 11 is 0. The number of aryl methyl sites for hydroxylation is 1. The molecular formula is C24H29N3O5S. The van der Waals surface area contributed by atoms with Gasteiger partial charge in [-0.05, 0) is 61.6 Å². The first-order valence-electron chi connectivity index (χ1n) is 11.3. The number of carbonyl (C=O) groups is 2. The number of carbonyl (C=O) groups excluding carboxylic acids is 2. The molecule has 33 heavy (non-hydrogen) atoms. The zero-order valence-electron chi connectivity index (χ0n) is 18.8. The summed E-state index contributed by atoms with van der Waals surface area (Å²) in [4.78, 5) is 24.8. The van der Waals surface area contributed by atoms with Crippen molar-refractivity contribution in [2.45, 2.75) is 50.5 Å². The van der Waals surface area contributed by atoms with E-state index in [1.165, 1.54) is 22.0 Å². The van der Waals surface area contributed by atoms with E-state index in [1.807, 2.05) is 31.2 Å². The van der Waals surface area contributed by atoms with Crippen LogP contribution in [0.25, 0.3) is 0 Å². The van der Waals surface area contributed by atoms with Crippen LogP contribution in [0.1, 0.15) is 38.7 Å². The number of nitrogens with one attached hydrogen (secondary N) is 2. The average Bonchev–Trinajstić information content (AvgIpc) is 2.83. The molecule has 1 fully saturated rings. The van der Waals surface area contributed by atoms with E-state index in [0.717, 1.165) is 12.1 Å². The van der Waals surface area contributed by atoms with E-state index in [4.69, 9.17) is 4.74 Å². The molecule has 0 aliphatic carbocycles. The van der Waals surface area contributed by atoms with Gasteiger partial charge in [0.2, 0.25) is 15.9 Å². The fourth-order valence-electron chi connectivity index (χ4n) is 4.13. The van der Waals surface area contributed by atoms with E-state index >= 15 is 0 Å². The Morgan fingerprint density at radius 1 is 1.12 bits per heavy atom. The SMILES string of the molecule is CCc1ccc(NC(=O)C2CCN(S(=O)(=O)c3ccc4c(c3)NC(=O)C(CC)O4)CC2)cc1. The molecule has 0 spiro atoms. The molecule has 2 N–H and O–H groups in total. The summed E-state index contributed by atoms with van der Waals surface area (Å²) in [5.41, 5.74) is 2.30. The first-order valence-corrected chi connectivity index (χ1v) is 12.8. The number of amides is 2. The maximum atomic E-state index is 13.2. The molecule has 8 nitrogen and oxygen atoms in total. The molecule has 0 radical (unpaired) electrons. The molecule has 2 amide bonds. The van der Waals surface area contributed by atoms with Gasteiger partial charge in [-0.3, -0.25) is 9.59 Å². The van der Waals surface area contributed by atoms with Crippen molar-refractivity contribution < 1.29 is 22.7 Å². The van der Waals surface area contributed by atoms with Gasteiger partial charge in [0, 0.05) is 24.7 Å². The molecule has 4 rings (SSSR count). The number of sulfonamides is 1. The van der Waals surface area contributed by atoms with Crippen molar-refractivity contribution >= 4 is 33.2 Å². The van der Waals surface area contributed by atoms with Gasteiger partial charge in [0.25, 0.3) is 5.91 Å². The van der Waals surface area contributed by atoms with E-state index in [1.54, 1.807) is 6.07 Å². The number of benzene rings is 2. The smallest absolute Gasteiger partial charge is 0.265 e. The second-order valence-electron chi connectivity index (χ2n) is 8.38. The highest BCUT2D eigenvalue weighted by molar-refractivity contribution is 7.89. The van der Waals surface area contributed by atoms with Crippen molar-refractivity contribution in [3.8, 4) is 5.75 Å². The minimum absolute atomic E-state index is 0.0876. The summed E-state index contributed by atoms with van der Waals surface area (Å²) in [5, 5.41) is 5.66. The summed E-state index contributed by atoms with van der Waals surface area (Å²) in [6.45, 7) is 4.44. The molecule has 2 heterocycles. The van der Waals surface area contributed by atoms with Crippen molar-refractivity contribution in [3.63, 3.8) is 0 Å². The predicted octanol–water partition coefficient (Wildman–Crippen LogP) is 3.40. The van der Waals surface area contributed by atoms with Crippen molar-refractivity contribution in [2.75, 3.05) is 23.7 Å². The predicted molar refractivity (Wildman–Crippen MR) is 126 cm³/mol. The third-order valence-electron chi connectivity index (χ3n) is 6.23. The molecule has 2 aliphatic rings. The minimum Gasteiger partial charge on any atom is -0.478 e. The quantitative estimate of drug-likeness (QED) is 0.672. The number of piperidine rings is 1. The molecule has 1 saturated heterocycles. The van der Waals surface area contributed by atoms with Crippen LogP contribution in [0, 0.1) is 5.92 Å². The molecular weight excluding hydrogens is 442 g/mol. The van der Waals surface area contributed by atoms with E-state index < -0.39 is 16.1 Å². The number of ether oxygens (including phenoxy) is 1. The first-order chi connectivity index (χ1) is 15.8. The molecule has 1 atom stereocenters. The topological polar surface area (TPSA) is 105 Å². The maximum absolute atomic E-state index is 13.2. The third kappa shape index (κ3) is 4.89. The van der Waals surface area contributed by atoms with Gasteiger partial charge < -0.3 is 15.4 Å². The zero-order valence-corrected chi connectivity index (χ0v) is 19.7. The molecule has 0 aromatic heterocycles. The van der Waals surface area contributed by atoms with Crippen LogP contribution in [0.5, 0.6) is 5.75 Å². The van der Waals surface area contributed by atoms with Gasteiger partial charge >= 0.3 is 0 Å². The van der Waals surface area contributed by atoms with Crippen molar-refractivity contribution in [2.24, 2.45) is 5.92 Å². The van der Waals surface area contributed by atoms with Gasteiger partial charge in [0.15, 0.2) is 6.10 Å². The van der Waals surface area contributed by atoms with Crippen LogP contribution in [-0.4, -0.2) is 43.7 Å². The minimum atomic E-state index is -3.75. The molecule has 176 valence electrons. The highest BCUT2D eigenvalue weighted by Gasteiger charge is 2.33. The Morgan fingerprint density at radius 3 is 2.45 bits per heavy atom. The van der Waals surface area contributed by atoms with Crippen LogP contribution in [-0.2, 0) is 26.0 Å². The largest absolute Gasteiger partial charge is 0.478 e. The second kappa shape index (κ2) is 9.52. The Bertz CT molecular complexity index is 1140. The Labute approximate surface area is 194 Å². The zero-order chi connectivity index (χ0) is 23.6. The van der Waals surface area contributed by atoms with Crippen molar-refractivity contribution in [3.05, 3.63) is 48.0 Å². The van der Waals surface area contributed by atoms with E-state index in [-0.39, 0.29) is 35.7 Å². The highest BCUT2D eigenvalue weighted by atomic mass is 32.2. The monoisotopic (exact) mass is 471 g/mol. The number of rotatable bonds is 6. The van der Waals surface area contributed by atoms with E-state index in [0.29, 0.717) is 30.7 Å². The Hall–Kier alpha value is -2.91. The van der Waals surface area contributed by atoms with Gasteiger partial charge in [-0.25, -0.2) is 8.42 Å². The molecule has 2 aromatic rings. The Morgan fingerprint density at radius 2 is 1.82 bits per heavy atom. The van der Waals surface area contributed by atoms with Crippen LogP contribution in [0.3, 0.4) is 0 Å². The van der Waals surface area contributed by atoms with E-state index in [2.05, 4.69) is 17.6 Å². The van der Waals surface area contributed by atoms with Gasteiger partial charge in [-0.15, -0.1) is 0 Å². The lowest BCUT2D eigenvalue weighted by atomic mass is 9.97. The van der Waals surface area contributed by atoms with Gasteiger partial charge in [-0.1, -0.05) is 26.0 Å². The normalized spacial score (nSPS) is 19.3. The molecule has 0 saturated carbocycles. The van der Waals surface area contributed by atoms with Crippen LogP contribution in [0.4, 0.5) is 11.4 Å². The third-order valence-corrected chi connectivity index (χ3v) is 8.13. The van der Waals surface area contributed by atoms with Crippen LogP contribution in [0.15, 0.2) is 47.4 Å². The molecule has 2 aliphatic heterocycles. The van der Waals surface area contributed by atoms with Gasteiger partial charge in [-0.2, -0.15) is 4.31 Å². The summed E-state index contributed by atoms with van der Waals surface area (Å²) < 4.78 is 33.4. The summed E-state index contributed by atoms with van der Waals surface area (Å²) in [6, 6.07) is 12.3. The molecule has 2 aromatic carbocycles. The number of hydrogen-bond acceptors (Lipinski definition) is 5. The van der Waals surface area contributed by atoms with E-state index in [9.17, 15) is 18.0 Å². The molecule has 1 unspecified atom stereocenters. The lowest BCUT2D eigenvalue weighted by molar-refractivity contribution is -0.123. The number of nitrogens with zero attached hydrogens (tertiary/aromatic N) is 1. The van der Waals surface area contributed by atoms with Gasteiger partial charge in [0.1, 0.15) is 5.75 Å². The maximum Gasteiger partial charge on any atom is 0.265 e. The molecule has 9 heteroatoms. The molecule has 0 bridgehead atoms. The lowest BCUT2D eigenvalue weighted by Gasteiger charge is -2.31. The first kappa shape index (κ1) is 23.3. The number of anilines is 2. The summed E-state index contributed by atoms with van der Waals surface area (Å²) in [5.74, 6) is -0.154. The summed E-state index contributed by atoms with van der Waals surface area (Å²) in [7, 11) is -3.75. The van der Waals surface area contributed by atoms with Gasteiger partial charge in [0.05, 0.1) is 10.6 Å². The standard InChI is InChI=1S/C24H29N3O5S/c1-3-16-5-7-18(8-6-16)25-23(28)17-11-13-27(14-12-17)33(30,31)19-9-10-22-20(15-19)26-24(29)21(4-2)32-22/h5-10,15,17,21H,3-4,11-14H2,1-2H3,(H,25,28)(H,26,29). The lowest BCUT2D eigenvalue weighted by Crippen LogP contribution is -2.41. The fraction of sp³-hybridized carbons (Fsp3) is 0.417.